The molecule has 11 aromatic carbocycles. The number of benzene rings is 11. The van der Waals surface area contributed by atoms with Crippen molar-refractivity contribution in [1.29, 1.82) is 0 Å². The lowest BCUT2D eigenvalue weighted by Crippen LogP contribution is -1.91. The van der Waals surface area contributed by atoms with Gasteiger partial charge in [0.05, 0.1) is 0 Å². The van der Waals surface area contributed by atoms with Crippen LogP contribution in [0.5, 0.6) is 0 Å². The van der Waals surface area contributed by atoms with Crippen LogP contribution in [0, 0.1) is 0 Å². The van der Waals surface area contributed by atoms with Crippen molar-refractivity contribution in [2.45, 2.75) is 0 Å². The summed E-state index contributed by atoms with van der Waals surface area (Å²) in [6, 6.07) is 75.3. The summed E-state index contributed by atoms with van der Waals surface area (Å²) in [6.45, 7) is 0. The van der Waals surface area contributed by atoms with Gasteiger partial charge >= 0.3 is 0 Å². The fourth-order valence-electron chi connectivity index (χ4n) is 9.43. The fraction of sp³-hybridized carbons (Fsp3) is 0. The smallest absolute Gasteiger partial charge is 0.136 e. The van der Waals surface area contributed by atoms with Crippen molar-refractivity contribution in [3.05, 3.63) is 206 Å². The molecule has 1 heteroatoms. The number of furan rings is 1. The van der Waals surface area contributed by atoms with Gasteiger partial charge in [0.25, 0.3) is 0 Å². The van der Waals surface area contributed by atoms with E-state index >= 15 is 0 Å². The molecule has 57 heavy (non-hydrogen) atoms. The summed E-state index contributed by atoms with van der Waals surface area (Å²) in [6.07, 6.45) is 0. The molecule has 0 aliphatic rings. The first-order valence-electron chi connectivity index (χ1n) is 19.7. The minimum atomic E-state index is 0.905. The maximum absolute atomic E-state index is 6.56. The van der Waals surface area contributed by atoms with Gasteiger partial charge in [0.2, 0.25) is 0 Å². The first-order chi connectivity index (χ1) is 28.3. The van der Waals surface area contributed by atoms with Crippen molar-refractivity contribution >= 4 is 75.8 Å². The van der Waals surface area contributed by atoms with Gasteiger partial charge in [-0.1, -0.05) is 176 Å². The van der Waals surface area contributed by atoms with Crippen molar-refractivity contribution < 1.29 is 4.42 Å². The summed E-state index contributed by atoms with van der Waals surface area (Å²) in [7, 11) is 0. The van der Waals surface area contributed by atoms with Crippen LogP contribution in [0.3, 0.4) is 0 Å². The van der Waals surface area contributed by atoms with Crippen LogP contribution in [-0.4, -0.2) is 0 Å². The highest BCUT2D eigenvalue weighted by molar-refractivity contribution is 6.22. The van der Waals surface area contributed by atoms with Gasteiger partial charge in [-0.2, -0.15) is 0 Å². The number of hydrogen-bond acceptors (Lipinski definition) is 1. The van der Waals surface area contributed by atoms with E-state index in [0.29, 0.717) is 0 Å². The lowest BCUT2D eigenvalue weighted by molar-refractivity contribution is 0.669. The maximum atomic E-state index is 6.56. The Morgan fingerprint density at radius 2 is 0.702 bits per heavy atom. The van der Waals surface area contributed by atoms with Gasteiger partial charge in [-0.05, 0) is 129 Å². The number of fused-ring (bicyclic) bond motifs is 9. The van der Waals surface area contributed by atoms with Gasteiger partial charge in [-0.25, -0.2) is 0 Å². The van der Waals surface area contributed by atoms with E-state index in [0.717, 1.165) is 27.5 Å². The lowest BCUT2D eigenvalue weighted by atomic mass is 9.85. The average Bonchev–Trinajstić information content (AvgIpc) is 3.63. The second kappa shape index (κ2) is 12.5. The maximum Gasteiger partial charge on any atom is 0.136 e. The summed E-state index contributed by atoms with van der Waals surface area (Å²) in [5, 5.41) is 14.7. The van der Waals surface area contributed by atoms with E-state index < -0.39 is 0 Å². The highest BCUT2D eigenvalue weighted by Gasteiger charge is 2.19. The van der Waals surface area contributed by atoms with Crippen LogP contribution in [0.2, 0.25) is 0 Å². The highest BCUT2D eigenvalue weighted by Crippen LogP contribution is 2.46. The summed E-state index contributed by atoms with van der Waals surface area (Å²) < 4.78 is 6.56. The monoisotopic (exact) mass is 722 g/mol. The Balaban J connectivity index is 1.01. The molecule has 12 aromatic rings. The molecule has 1 nitrogen and oxygen atoms in total. The normalized spacial score (nSPS) is 11.9. The molecule has 0 saturated heterocycles. The van der Waals surface area contributed by atoms with Crippen LogP contribution in [0.1, 0.15) is 0 Å². The molecule has 0 aliphatic carbocycles. The minimum Gasteiger partial charge on any atom is -0.456 e. The Morgan fingerprint density at radius 1 is 0.228 bits per heavy atom. The Morgan fingerprint density at radius 3 is 1.39 bits per heavy atom. The molecule has 0 spiro atoms. The molecule has 0 bridgehead atoms. The number of rotatable bonds is 4. The summed E-state index contributed by atoms with van der Waals surface area (Å²) in [5.41, 5.74) is 11.6. The predicted octanol–water partition coefficient (Wildman–Crippen LogP) is 16.0. The second-order valence-corrected chi connectivity index (χ2v) is 15.2. The molecule has 0 saturated carbocycles. The van der Waals surface area contributed by atoms with E-state index in [1.54, 1.807) is 0 Å². The van der Waals surface area contributed by atoms with Crippen molar-refractivity contribution in [2.24, 2.45) is 0 Å². The van der Waals surface area contributed by atoms with Gasteiger partial charge in [-0.3, -0.25) is 0 Å². The van der Waals surface area contributed by atoms with E-state index in [2.05, 4.69) is 206 Å². The molecule has 0 fully saturated rings. The van der Waals surface area contributed by atoms with Gasteiger partial charge in [0, 0.05) is 10.8 Å². The van der Waals surface area contributed by atoms with E-state index in [1.165, 1.54) is 92.8 Å². The quantitative estimate of drug-likeness (QED) is 0.130. The molecule has 1 heterocycles. The average molecular weight is 723 g/mol. The van der Waals surface area contributed by atoms with Crippen molar-refractivity contribution in [3.8, 4) is 44.5 Å². The first-order valence-corrected chi connectivity index (χ1v) is 19.7. The third-order valence-electron chi connectivity index (χ3n) is 12.0. The van der Waals surface area contributed by atoms with E-state index in [9.17, 15) is 0 Å². The first kappa shape index (κ1) is 31.8. The van der Waals surface area contributed by atoms with E-state index in [1.807, 2.05) is 0 Å². The molecule has 12 rings (SSSR count). The molecular weight excluding hydrogens is 689 g/mol. The highest BCUT2D eigenvalue weighted by atomic mass is 16.3. The Labute approximate surface area is 329 Å². The number of hydrogen-bond donors (Lipinski definition) is 0. The van der Waals surface area contributed by atoms with Gasteiger partial charge in [-0.15, -0.1) is 0 Å². The largest absolute Gasteiger partial charge is 0.456 e. The zero-order valence-electron chi connectivity index (χ0n) is 31.0. The van der Waals surface area contributed by atoms with Crippen LogP contribution in [0.15, 0.2) is 211 Å². The van der Waals surface area contributed by atoms with Gasteiger partial charge in [0.15, 0.2) is 0 Å². The molecule has 0 unspecified atom stereocenters. The fourth-order valence-corrected chi connectivity index (χ4v) is 9.43. The van der Waals surface area contributed by atoms with Crippen LogP contribution < -0.4 is 0 Å². The third-order valence-corrected chi connectivity index (χ3v) is 12.0. The predicted molar refractivity (Wildman–Crippen MR) is 243 cm³/mol. The molecule has 1 aromatic heterocycles. The molecule has 0 atom stereocenters. The summed E-state index contributed by atoms with van der Waals surface area (Å²) in [4.78, 5) is 0. The van der Waals surface area contributed by atoms with E-state index in [-0.39, 0.29) is 0 Å². The third kappa shape index (κ3) is 4.96. The molecular formula is C56H34O. The van der Waals surface area contributed by atoms with Gasteiger partial charge < -0.3 is 4.42 Å². The SMILES string of the molecule is c1ccc(-c2cc3ccccc3c3ccccc23)c(-c2ccc(-c3c4ccccc4c(-c4ccc5c(c4)oc4cc6ccccc6cc45)c4ccccc34)cc2)c1. The van der Waals surface area contributed by atoms with Crippen molar-refractivity contribution in [1.82, 2.24) is 0 Å². The summed E-state index contributed by atoms with van der Waals surface area (Å²) in [5.74, 6) is 0. The van der Waals surface area contributed by atoms with Crippen LogP contribution in [-0.2, 0) is 0 Å². The Hall–Kier alpha value is -7.48. The van der Waals surface area contributed by atoms with Crippen molar-refractivity contribution in [2.75, 3.05) is 0 Å². The topological polar surface area (TPSA) is 13.1 Å². The van der Waals surface area contributed by atoms with Gasteiger partial charge in [0.1, 0.15) is 11.2 Å². The summed E-state index contributed by atoms with van der Waals surface area (Å²) >= 11 is 0. The Bertz CT molecular complexity index is 3510. The molecule has 0 amide bonds. The minimum absolute atomic E-state index is 0.905. The molecule has 0 aliphatic heterocycles. The lowest BCUT2D eigenvalue weighted by Gasteiger charge is -2.18. The van der Waals surface area contributed by atoms with Crippen LogP contribution in [0.25, 0.3) is 120 Å². The standard InChI is InChI=1S/C56H34O/c1-2-14-38-33-54-52(31-37(38)13-1)46-30-29-40(34-53(46)57-54)56-49-23-11-9-21-47(49)55(48-22-10-12-24-50(48)56)36-27-25-35(26-28-36)41-16-5-6-19-44(41)51-32-39-15-3-4-17-42(39)43-18-7-8-20-45(43)51/h1-34H. The zero-order valence-corrected chi connectivity index (χ0v) is 31.0. The van der Waals surface area contributed by atoms with Crippen LogP contribution in [0.4, 0.5) is 0 Å². The zero-order chi connectivity index (χ0) is 37.5. The Kier molecular flexibility index (Phi) is 7.00. The molecule has 0 radical (unpaired) electrons. The van der Waals surface area contributed by atoms with Crippen LogP contribution >= 0.6 is 0 Å². The molecule has 264 valence electrons. The van der Waals surface area contributed by atoms with E-state index in [4.69, 9.17) is 4.42 Å². The second-order valence-electron chi connectivity index (χ2n) is 15.2. The van der Waals surface area contributed by atoms with Crippen molar-refractivity contribution in [3.63, 3.8) is 0 Å². The molecule has 0 N–H and O–H groups in total.